The van der Waals surface area contributed by atoms with Gasteiger partial charge in [0.25, 0.3) is 5.91 Å². The van der Waals surface area contributed by atoms with Crippen molar-refractivity contribution in [1.82, 2.24) is 10.3 Å². The van der Waals surface area contributed by atoms with Crippen LogP contribution in [0, 0.1) is 0 Å². The van der Waals surface area contributed by atoms with Crippen LogP contribution in [0.5, 0.6) is 0 Å². The van der Waals surface area contributed by atoms with E-state index in [2.05, 4.69) is 10.3 Å². The zero-order valence-corrected chi connectivity index (χ0v) is 13.3. The van der Waals surface area contributed by atoms with E-state index in [0.29, 0.717) is 17.7 Å². The van der Waals surface area contributed by atoms with Crippen LogP contribution in [-0.2, 0) is 10.9 Å². The number of amides is 1. The standard InChI is InChI=1S/C18H17F3N2O2/c19-18(20,21)14-7-8-22-16(10-14)12-3-5-13(6-4-12)17(24)23-11-15-2-1-9-25-15/h3-8,10,15H,1-2,9,11H2,(H,23,24). The number of carbonyl (C=O) groups excluding carboxylic acids is 1. The lowest BCUT2D eigenvalue weighted by atomic mass is 10.1. The number of nitrogens with zero attached hydrogens (tertiary/aromatic N) is 1. The summed E-state index contributed by atoms with van der Waals surface area (Å²) in [4.78, 5) is 16.1. The van der Waals surface area contributed by atoms with E-state index in [1.165, 1.54) is 0 Å². The molecule has 25 heavy (non-hydrogen) atoms. The van der Waals surface area contributed by atoms with E-state index in [0.717, 1.165) is 37.8 Å². The molecule has 7 heteroatoms. The summed E-state index contributed by atoms with van der Waals surface area (Å²) in [7, 11) is 0. The molecule has 1 amide bonds. The van der Waals surface area contributed by atoms with E-state index < -0.39 is 11.7 Å². The van der Waals surface area contributed by atoms with Gasteiger partial charge in [-0.2, -0.15) is 13.2 Å². The minimum atomic E-state index is -4.42. The van der Waals surface area contributed by atoms with Gasteiger partial charge in [0, 0.05) is 30.5 Å². The van der Waals surface area contributed by atoms with Crippen LogP contribution in [0.3, 0.4) is 0 Å². The van der Waals surface area contributed by atoms with Gasteiger partial charge in [0.1, 0.15) is 0 Å². The minimum absolute atomic E-state index is 0.0533. The molecule has 1 aliphatic heterocycles. The van der Waals surface area contributed by atoms with Crippen molar-refractivity contribution in [1.29, 1.82) is 0 Å². The summed E-state index contributed by atoms with van der Waals surface area (Å²) < 4.78 is 43.8. The summed E-state index contributed by atoms with van der Waals surface area (Å²) >= 11 is 0. The van der Waals surface area contributed by atoms with E-state index in [1.807, 2.05) is 0 Å². The molecule has 1 unspecified atom stereocenters. The van der Waals surface area contributed by atoms with Gasteiger partial charge in [0.15, 0.2) is 0 Å². The van der Waals surface area contributed by atoms with Crippen LogP contribution in [0.2, 0.25) is 0 Å². The lowest BCUT2D eigenvalue weighted by molar-refractivity contribution is -0.137. The third-order valence-corrected chi connectivity index (χ3v) is 4.04. The first kappa shape index (κ1) is 17.4. The summed E-state index contributed by atoms with van der Waals surface area (Å²) in [5, 5.41) is 2.80. The number of hydrogen-bond donors (Lipinski definition) is 1. The lowest BCUT2D eigenvalue weighted by Crippen LogP contribution is -2.31. The van der Waals surface area contributed by atoms with Crippen LogP contribution < -0.4 is 5.32 Å². The number of halogens is 3. The van der Waals surface area contributed by atoms with Crippen LogP contribution in [0.25, 0.3) is 11.3 Å². The van der Waals surface area contributed by atoms with Crippen LogP contribution in [0.15, 0.2) is 42.6 Å². The average molecular weight is 350 g/mol. The highest BCUT2D eigenvalue weighted by Crippen LogP contribution is 2.31. The molecule has 1 aromatic carbocycles. The number of ether oxygens (including phenoxy) is 1. The summed E-state index contributed by atoms with van der Waals surface area (Å²) in [6.45, 7) is 1.18. The Morgan fingerprint density at radius 3 is 2.64 bits per heavy atom. The fourth-order valence-corrected chi connectivity index (χ4v) is 2.67. The molecule has 1 aromatic heterocycles. The monoisotopic (exact) mass is 350 g/mol. The number of nitrogens with one attached hydrogen (secondary N) is 1. The van der Waals surface area contributed by atoms with Crippen molar-refractivity contribution < 1.29 is 22.7 Å². The summed E-state index contributed by atoms with van der Waals surface area (Å²) in [5.41, 5.74) is 0.410. The van der Waals surface area contributed by atoms with Gasteiger partial charge >= 0.3 is 6.18 Å². The van der Waals surface area contributed by atoms with Crippen molar-refractivity contribution in [2.75, 3.05) is 13.2 Å². The number of rotatable bonds is 4. The van der Waals surface area contributed by atoms with Gasteiger partial charge in [-0.3, -0.25) is 9.78 Å². The van der Waals surface area contributed by atoms with E-state index in [4.69, 9.17) is 4.74 Å². The summed E-state index contributed by atoms with van der Waals surface area (Å²) in [6, 6.07) is 8.24. The van der Waals surface area contributed by atoms with Gasteiger partial charge in [-0.25, -0.2) is 0 Å². The molecular formula is C18H17F3N2O2. The summed E-state index contributed by atoms with van der Waals surface area (Å²) in [5.74, 6) is -0.237. The van der Waals surface area contributed by atoms with Crippen LogP contribution in [0.1, 0.15) is 28.8 Å². The van der Waals surface area contributed by atoms with Gasteiger partial charge < -0.3 is 10.1 Å². The van der Waals surface area contributed by atoms with Crippen molar-refractivity contribution >= 4 is 5.91 Å². The Hall–Kier alpha value is -2.41. The van der Waals surface area contributed by atoms with E-state index in [-0.39, 0.29) is 17.7 Å². The molecule has 4 nitrogen and oxygen atoms in total. The predicted molar refractivity (Wildman–Crippen MR) is 86.0 cm³/mol. The highest BCUT2D eigenvalue weighted by atomic mass is 19.4. The summed E-state index contributed by atoms with van der Waals surface area (Å²) in [6.07, 6.45) is -1.31. The molecular weight excluding hydrogens is 333 g/mol. The molecule has 0 radical (unpaired) electrons. The van der Waals surface area contributed by atoms with Crippen molar-refractivity contribution in [2.45, 2.75) is 25.1 Å². The van der Waals surface area contributed by atoms with E-state index >= 15 is 0 Å². The highest BCUT2D eigenvalue weighted by Gasteiger charge is 2.30. The first-order valence-electron chi connectivity index (χ1n) is 7.97. The molecule has 2 heterocycles. The van der Waals surface area contributed by atoms with Gasteiger partial charge in [-0.1, -0.05) is 12.1 Å². The largest absolute Gasteiger partial charge is 0.416 e. The molecule has 0 bridgehead atoms. The molecule has 3 rings (SSSR count). The maximum absolute atomic E-state index is 12.8. The molecule has 2 aromatic rings. The third kappa shape index (κ3) is 4.36. The second-order valence-corrected chi connectivity index (χ2v) is 5.85. The maximum atomic E-state index is 12.8. The van der Waals surface area contributed by atoms with Gasteiger partial charge in [-0.15, -0.1) is 0 Å². The SMILES string of the molecule is O=C(NCC1CCCO1)c1ccc(-c2cc(C(F)(F)F)ccn2)cc1. The Kier molecular flexibility index (Phi) is 5.03. The third-order valence-electron chi connectivity index (χ3n) is 4.04. The fourth-order valence-electron chi connectivity index (χ4n) is 2.67. The molecule has 1 N–H and O–H groups in total. The maximum Gasteiger partial charge on any atom is 0.416 e. The van der Waals surface area contributed by atoms with Gasteiger partial charge in [0.05, 0.1) is 17.4 Å². The Morgan fingerprint density at radius 2 is 2.00 bits per heavy atom. The molecule has 132 valence electrons. The van der Waals surface area contributed by atoms with E-state index in [9.17, 15) is 18.0 Å². The van der Waals surface area contributed by atoms with E-state index in [1.54, 1.807) is 24.3 Å². The van der Waals surface area contributed by atoms with Crippen LogP contribution in [-0.4, -0.2) is 30.1 Å². The molecule has 1 atom stereocenters. The number of benzene rings is 1. The van der Waals surface area contributed by atoms with Crippen LogP contribution in [0.4, 0.5) is 13.2 Å². The second kappa shape index (κ2) is 7.23. The normalized spacial score (nSPS) is 17.5. The quantitative estimate of drug-likeness (QED) is 0.915. The highest BCUT2D eigenvalue weighted by molar-refractivity contribution is 5.94. The smallest absolute Gasteiger partial charge is 0.376 e. The van der Waals surface area contributed by atoms with Crippen LogP contribution >= 0.6 is 0 Å². The molecule has 0 saturated carbocycles. The first-order chi connectivity index (χ1) is 11.9. The predicted octanol–water partition coefficient (Wildman–Crippen LogP) is 3.68. The average Bonchev–Trinajstić information content (AvgIpc) is 3.13. The Labute approximate surface area is 143 Å². The topological polar surface area (TPSA) is 51.2 Å². The molecule has 1 saturated heterocycles. The van der Waals surface area contributed by atoms with Crippen molar-refractivity contribution in [3.05, 3.63) is 53.7 Å². The van der Waals surface area contributed by atoms with Crippen molar-refractivity contribution in [2.24, 2.45) is 0 Å². The van der Waals surface area contributed by atoms with Crippen molar-refractivity contribution in [3.8, 4) is 11.3 Å². The second-order valence-electron chi connectivity index (χ2n) is 5.85. The Bertz CT molecular complexity index is 739. The van der Waals surface area contributed by atoms with Gasteiger partial charge in [0.2, 0.25) is 0 Å². The van der Waals surface area contributed by atoms with Gasteiger partial charge in [-0.05, 0) is 37.1 Å². The molecule has 0 aliphatic carbocycles. The molecule has 1 aliphatic rings. The lowest BCUT2D eigenvalue weighted by Gasteiger charge is -2.11. The molecule has 1 fully saturated rings. The zero-order chi connectivity index (χ0) is 17.9. The number of pyridine rings is 1. The number of aromatic nitrogens is 1. The number of hydrogen-bond acceptors (Lipinski definition) is 3. The molecule has 0 spiro atoms. The van der Waals surface area contributed by atoms with Crippen molar-refractivity contribution in [3.63, 3.8) is 0 Å². The minimum Gasteiger partial charge on any atom is -0.376 e. The number of carbonyl (C=O) groups is 1. The Morgan fingerprint density at radius 1 is 1.24 bits per heavy atom. The number of alkyl halides is 3. The Balaban J connectivity index is 1.68. The zero-order valence-electron chi connectivity index (χ0n) is 13.3. The fraction of sp³-hybridized carbons (Fsp3) is 0.333. The first-order valence-corrected chi connectivity index (χ1v) is 7.97.